The van der Waals surface area contributed by atoms with E-state index in [1.54, 1.807) is 23.1 Å². The highest BCUT2D eigenvalue weighted by molar-refractivity contribution is 5.50. The summed E-state index contributed by atoms with van der Waals surface area (Å²) in [5.74, 6) is 0.667. The van der Waals surface area contributed by atoms with Gasteiger partial charge in [-0.2, -0.15) is 0 Å². The minimum Gasteiger partial charge on any atom is -0.463 e. The summed E-state index contributed by atoms with van der Waals surface area (Å²) in [4.78, 5) is 11.9. The second kappa shape index (κ2) is 4.65. The molecule has 0 fully saturated rings. The van der Waals surface area contributed by atoms with Crippen molar-refractivity contribution in [3.63, 3.8) is 0 Å². The van der Waals surface area contributed by atoms with Crippen LogP contribution >= 0.6 is 0 Å². The molecule has 1 aromatic carbocycles. The molecule has 0 aliphatic rings. The van der Waals surface area contributed by atoms with Gasteiger partial charge in [0.15, 0.2) is 5.76 Å². The van der Waals surface area contributed by atoms with E-state index in [4.69, 9.17) is 4.42 Å². The number of hydrogen-bond donors (Lipinski definition) is 1. The van der Waals surface area contributed by atoms with Gasteiger partial charge in [0.2, 0.25) is 0 Å². The number of benzene rings is 1. The summed E-state index contributed by atoms with van der Waals surface area (Å²) in [7, 11) is 0. The minimum atomic E-state index is -0.0605. The smallest absolute Gasteiger partial charge is 0.267 e. The Morgan fingerprint density at radius 2 is 2.05 bits per heavy atom. The largest absolute Gasteiger partial charge is 0.463 e. The fourth-order valence-electron chi connectivity index (χ4n) is 2.07. The number of hydrogen-bond acceptors (Lipinski definition) is 2. The number of rotatable bonds is 3. The molecule has 0 amide bonds. The van der Waals surface area contributed by atoms with Crippen LogP contribution in [0.2, 0.25) is 0 Å². The van der Waals surface area contributed by atoms with E-state index in [-0.39, 0.29) is 5.56 Å². The van der Waals surface area contributed by atoms with Crippen LogP contribution in [-0.2, 0) is 6.54 Å². The summed E-state index contributed by atoms with van der Waals surface area (Å²) >= 11 is 0. The van der Waals surface area contributed by atoms with Crippen LogP contribution in [0.1, 0.15) is 11.1 Å². The Labute approximate surface area is 110 Å². The molecule has 3 aromatic rings. The molecule has 0 aliphatic carbocycles. The number of H-pyrrole nitrogens is 1. The average molecular weight is 254 g/mol. The van der Waals surface area contributed by atoms with Crippen LogP contribution in [0.25, 0.3) is 11.5 Å². The summed E-state index contributed by atoms with van der Waals surface area (Å²) in [5.41, 5.74) is 2.93. The van der Waals surface area contributed by atoms with Crippen molar-refractivity contribution >= 4 is 0 Å². The normalized spacial score (nSPS) is 10.8. The highest BCUT2D eigenvalue weighted by Gasteiger charge is 2.08. The van der Waals surface area contributed by atoms with E-state index >= 15 is 0 Å². The molecule has 96 valence electrons. The van der Waals surface area contributed by atoms with Crippen LogP contribution in [0, 0.1) is 6.92 Å². The van der Waals surface area contributed by atoms with E-state index in [2.05, 4.69) is 5.10 Å². The maximum absolute atomic E-state index is 11.9. The number of nitrogens with zero attached hydrogens (tertiary/aromatic N) is 1. The third-order valence-corrected chi connectivity index (χ3v) is 3.17. The fourth-order valence-corrected chi connectivity index (χ4v) is 2.07. The molecule has 2 heterocycles. The molecule has 4 nitrogen and oxygen atoms in total. The zero-order valence-electron chi connectivity index (χ0n) is 10.6. The fraction of sp³-hybridized carbons (Fsp3) is 0.133. The van der Waals surface area contributed by atoms with Gasteiger partial charge in [0.1, 0.15) is 5.69 Å². The molecular weight excluding hydrogens is 240 g/mol. The monoisotopic (exact) mass is 254 g/mol. The molecule has 4 heteroatoms. The van der Waals surface area contributed by atoms with E-state index in [1.807, 2.05) is 37.3 Å². The number of aromatic nitrogens is 2. The predicted molar refractivity (Wildman–Crippen MR) is 73.0 cm³/mol. The number of nitrogens with one attached hydrogen (secondary N) is 1. The second-order valence-electron chi connectivity index (χ2n) is 4.50. The topological polar surface area (TPSA) is 50.9 Å². The Hall–Kier alpha value is -2.49. The molecule has 0 unspecified atom stereocenters. The van der Waals surface area contributed by atoms with Gasteiger partial charge in [-0.1, -0.05) is 24.3 Å². The molecule has 0 saturated heterocycles. The molecule has 2 aromatic heterocycles. The van der Waals surface area contributed by atoms with Crippen molar-refractivity contribution < 1.29 is 4.42 Å². The molecule has 0 radical (unpaired) electrons. The molecule has 0 bridgehead atoms. The Morgan fingerprint density at radius 1 is 1.21 bits per heavy atom. The first-order valence-electron chi connectivity index (χ1n) is 6.12. The van der Waals surface area contributed by atoms with Gasteiger partial charge in [-0.3, -0.25) is 9.89 Å². The van der Waals surface area contributed by atoms with E-state index in [1.165, 1.54) is 5.56 Å². The van der Waals surface area contributed by atoms with Crippen LogP contribution < -0.4 is 5.56 Å². The third-order valence-electron chi connectivity index (χ3n) is 3.17. The lowest BCUT2D eigenvalue weighted by Crippen LogP contribution is -2.17. The number of aromatic amines is 1. The van der Waals surface area contributed by atoms with Crippen LogP contribution in [0.5, 0.6) is 0 Å². The molecule has 0 spiro atoms. The van der Waals surface area contributed by atoms with E-state index in [0.717, 1.165) is 5.56 Å². The van der Waals surface area contributed by atoms with Gasteiger partial charge in [-0.05, 0) is 30.2 Å². The van der Waals surface area contributed by atoms with E-state index < -0.39 is 0 Å². The maximum atomic E-state index is 11.9. The highest BCUT2D eigenvalue weighted by Crippen LogP contribution is 2.16. The molecule has 0 saturated carbocycles. The Kier molecular flexibility index (Phi) is 2.83. The lowest BCUT2D eigenvalue weighted by atomic mass is 10.1. The first-order valence-corrected chi connectivity index (χ1v) is 6.12. The maximum Gasteiger partial charge on any atom is 0.267 e. The van der Waals surface area contributed by atoms with Crippen molar-refractivity contribution in [2.75, 3.05) is 0 Å². The number of furan rings is 1. The molecule has 0 aliphatic heterocycles. The van der Waals surface area contributed by atoms with Crippen LogP contribution in [0.4, 0.5) is 0 Å². The Balaban J connectivity index is 1.95. The van der Waals surface area contributed by atoms with Crippen molar-refractivity contribution in [3.05, 3.63) is 70.2 Å². The summed E-state index contributed by atoms with van der Waals surface area (Å²) in [6.45, 7) is 2.57. The summed E-state index contributed by atoms with van der Waals surface area (Å²) in [6.07, 6.45) is 1.59. The second-order valence-corrected chi connectivity index (χ2v) is 4.50. The number of aryl methyl sites for hydroxylation is 1. The zero-order valence-corrected chi connectivity index (χ0v) is 10.6. The first-order chi connectivity index (χ1) is 9.24. The van der Waals surface area contributed by atoms with Crippen molar-refractivity contribution in [1.82, 2.24) is 9.78 Å². The SMILES string of the molecule is Cc1ccccc1Cn1[nH]c(-c2ccco2)cc1=O. The van der Waals surface area contributed by atoms with Crippen molar-refractivity contribution in [2.45, 2.75) is 13.5 Å². The third kappa shape index (κ3) is 2.25. The van der Waals surface area contributed by atoms with Gasteiger partial charge in [0.05, 0.1) is 12.8 Å². The van der Waals surface area contributed by atoms with E-state index in [0.29, 0.717) is 18.0 Å². The standard InChI is InChI=1S/C15H14N2O2/c1-11-5-2-3-6-12(11)10-17-15(18)9-13(16-17)14-7-4-8-19-14/h2-9,16H,10H2,1H3. The van der Waals surface area contributed by atoms with Crippen LogP contribution in [0.3, 0.4) is 0 Å². The predicted octanol–water partition coefficient (Wildman–Crippen LogP) is 2.79. The Morgan fingerprint density at radius 3 is 2.79 bits per heavy atom. The molecular formula is C15H14N2O2. The minimum absolute atomic E-state index is 0.0605. The quantitative estimate of drug-likeness (QED) is 0.781. The molecule has 1 N–H and O–H groups in total. The van der Waals surface area contributed by atoms with Gasteiger partial charge in [0, 0.05) is 6.07 Å². The molecule has 3 rings (SSSR count). The van der Waals surface area contributed by atoms with Crippen LogP contribution in [-0.4, -0.2) is 9.78 Å². The molecule has 0 atom stereocenters. The lowest BCUT2D eigenvalue weighted by molar-refractivity contribution is 0.575. The zero-order chi connectivity index (χ0) is 13.2. The summed E-state index contributed by atoms with van der Waals surface area (Å²) in [5, 5.41) is 3.07. The average Bonchev–Trinajstić information content (AvgIpc) is 3.02. The van der Waals surface area contributed by atoms with Gasteiger partial charge in [-0.15, -0.1) is 0 Å². The van der Waals surface area contributed by atoms with Gasteiger partial charge in [0.25, 0.3) is 5.56 Å². The van der Waals surface area contributed by atoms with Crippen LogP contribution in [0.15, 0.2) is 57.9 Å². The van der Waals surface area contributed by atoms with E-state index in [9.17, 15) is 4.79 Å². The highest BCUT2D eigenvalue weighted by atomic mass is 16.3. The van der Waals surface area contributed by atoms with Gasteiger partial charge < -0.3 is 4.42 Å². The van der Waals surface area contributed by atoms with Crippen molar-refractivity contribution in [2.24, 2.45) is 0 Å². The van der Waals surface area contributed by atoms with Crippen molar-refractivity contribution in [1.29, 1.82) is 0 Å². The molecule has 19 heavy (non-hydrogen) atoms. The Bertz CT molecular complexity index is 736. The van der Waals surface area contributed by atoms with Crippen molar-refractivity contribution in [3.8, 4) is 11.5 Å². The lowest BCUT2D eigenvalue weighted by Gasteiger charge is -2.05. The summed E-state index contributed by atoms with van der Waals surface area (Å²) < 4.78 is 6.86. The summed E-state index contributed by atoms with van der Waals surface area (Å²) in [6, 6.07) is 13.2. The first kappa shape index (κ1) is 11.6. The van der Waals surface area contributed by atoms with Gasteiger partial charge >= 0.3 is 0 Å². The van der Waals surface area contributed by atoms with Gasteiger partial charge in [-0.25, -0.2) is 4.68 Å².